The fourth-order valence-corrected chi connectivity index (χ4v) is 4.84. The number of nitrogens with one attached hydrogen (secondary N) is 1. The zero-order valence-corrected chi connectivity index (χ0v) is 21.7. The summed E-state index contributed by atoms with van der Waals surface area (Å²) >= 11 is 12.6. The molecule has 38 heavy (non-hydrogen) atoms. The number of anilines is 2. The maximum atomic E-state index is 13.8. The molecule has 0 atom stereocenters. The summed E-state index contributed by atoms with van der Waals surface area (Å²) in [6.45, 7) is 4.62. The van der Waals surface area contributed by atoms with Gasteiger partial charge in [0, 0.05) is 34.9 Å². The van der Waals surface area contributed by atoms with Gasteiger partial charge in [0.2, 0.25) is 5.82 Å². The highest BCUT2D eigenvalue weighted by Crippen LogP contribution is 2.35. The van der Waals surface area contributed by atoms with Crippen LogP contribution in [0.2, 0.25) is 10.0 Å². The van der Waals surface area contributed by atoms with Gasteiger partial charge < -0.3 is 20.1 Å². The number of benzene rings is 3. The number of rotatable bonds is 5. The molecule has 0 unspecified atom stereocenters. The molecule has 0 aliphatic carbocycles. The Kier molecular flexibility index (Phi) is 7.25. The number of carbonyl (C=O) groups is 1. The Bertz CT molecular complexity index is 1520. The van der Waals surface area contributed by atoms with Crippen molar-refractivity contribution in [2.75, 3.05) is 36.5 Å². The highest BCUT2D eigenvalue weighted by atomic mass is 35.5. The van der Waals surface area contributed by atoms with E-state index in [-0.39, 0.29) is 11.4 Å². The van der Waals surface area contributed by atoms with Gasteiger partial charge in [0.1, 0.15) is 0 Å². The van der Waals surface area contributed by atoms with E-state index in [1.54, 1.807) is 25.1 Å². The van der Waals surface area contributed by atoms with Crippen molar-refractivity contribution in [1.82, 2.24) is 9.78 Å². The molecular weight excluding hydrogens is 537 g/mol. The van der Waals surface area contributed by atoms with Crippen molar-refractivity contribution in [2.24, 2.45) is 0 Å². The summed E-state index contributed by atoms with van der Waals surface area (Å²) in [4.78, 5) is 15.4. The van der Waals surface area contributed by atoms with Gasteiger partial charge in [-0.3, -0.25) is 4.79 Å². The molecule has 1 aromatic heterocycles. The molecule has 196 valence electrons. The number of hydrogen-bond donors (Lipinski definition) is 2. The summed E-state index contributed by atoms with van der Waals surface area (Å²) in [5.41, 5.74) is 3.12. The number of ether oxygens (including phenoxy) is 1. The number of aromatic nitrogens is 2. The summed E-state index contributed by atoms with van der Waals surface area (Å²) < 4.78 is 34.3. The number of morpholine rings is 1. The smallest absolute Gasteiger partial charge is 0.276 e. The average molecular weight is 559 g/mol. The zero-order chi connectivity index (χ0) is 27.0. The maximum Gasteiger partial charge on any atom is 0.276 e. The molecule has 1 fully saturated rings. The maximum absolute atomic E-state index is 13.8. The van der Waals surface area contributed by atoms with Crippen LogP contribution in [0.3, 0.4) is 0 Å². The first-order valence-corrected chi connectivity index (χ1v) is 12.5. The molecule has 0 spiro atoms. The monoisotopic (exact) mass is 558 g/mol. The Morgan fingerprint density at radius 1 is 1.05 bits per heavy atom. The molecule has 1 saturated heterocycles. The quantitative estimate of drug-likeness (QED) is 0.284. The van der Waals surface area contributed by atoms with Crippen LogP contribution in [0.1, 0.15) is 16.1 Å². The van der Waals surface area contributed by atoms with Crippen molar-refractivity contribution in [3.05, 3.63) is 87.5 Å². The molecule has 1 aliphatic heterocycles. The standard InChI is InChI=1S/C27H22Cl2F2N4O3/c1-15-24(27(37)32-21-8-7-20(30)23(31)26(21)36)33-35(22-9-4-17(28)14-19(22)29)25(15)16-2-5-18(6-3-16)34-10-12-38-13-11-34/h2-9,14,36H,10-13H2,1H3,(H,32,37). The van der Waals surface area contributed by atoms with E-state index in [9.17, 15) is 18.7 Å². The molecule has 2 heterocycles. The first-order valence-electron chi connectivity index (χ1n) is 11.7. The Morgan fingerprint density at radius 2 is 1.76 bits per heavy atom. The number of amides is 1. The zero-order valence-electron chi connectivity index (χ0n) is 20.1. The van der Waals surface area contributed by atoms with Crippen LogP contribution < -0.4 is 10.2 Å². The first-order chi connectivity index (χ1) is 18.2. The molecule has 1 amide bonds. The van der Waals surface area contributed by atoms with Gasteiger partial charge in [-0.1, -0.05) is 35.3 Å². The van der Waals surface area contributed by atoms with Gasteiger partial charge in [-0.2, -0.15) is 9.49 Å². The largest absolute Gasteiger partial charge is 0.503 e. The van der Waals surface area contributed by atoms with Crippen molar-refractivity contribution in [1.29, 1.82) is 0 Å². The van der Waals surface area contributed by atoms with Gasteiger partial charge in [-0.15, -0.1) is 0 Å². The normalized spacial score (nSPS) is 13.6. The average Bonchev–Trinajstić information content (AvgIpc) is 3.26. The third kappa shape index (κ3) is 4.92. The van der Waals surface area contributed by atoms with Gasteiger partial charge >= 0.3 is 0 Å². The molecule has 11 heteroatoms. The Morgan fingerprint density at radius 3 is 2.45 bits per heavy atom. The Balaban J connectivity index is 1.57. The molecule has 7 nitrogen and oxygen atoms in total. The highest BCUT2D eigenvalue weighted by molar-refractivity contribution is 6.35. The van der Waals surface area contributed by atoms with Crippen LogP contribution in [0, 0.1) is 18.6 Å². The summed E-state index contributed by atoms with van der Waals surface area (Å²) in [5.74, 6) is -4.42. The van der Waals surface area contributed by atoms with Crippen LogP contribution >= 0.6 is 23.2 Å². The van der Waals surface area contributed by atoms with E-state index in [1.807, 2.05) is 24.3 Å². The molecule has 2 N–H and O–H groups in total. The van der Waals surface area contributed by atoms with E-state index in [2.05, 4.69) is 15.3 Å². The van der Waals surface area contributed by atoms with Crippen LogP contribution in [-0.4, -0.2) is 47.1 Å². The second-order valence-corrected chi connectivity index (χ2v) is 9.53. The highest BCUT2D eigenvalue weighted by Gasteiger charge is 2.25. The van der Waals surface area contributed by atoms with E-state index >= 15 is 0 Å². The fourth-order valence-electron chi connectivity index (χ4n) is 4.35. The molecule has 5 rings (SSSR count). The SMILES string of the molecule is Cc1c(C(=O)Nc2ccc(F)c(F)c2O)nn(-c2ccc(Cl)cc2Cl)c1-c1ccc(N2CCOCC2)cc1. The van der Waals surface area contributed by atoms with Crippen LogP contribution in [0.4, 0.5) is 20.2 Å². The fraction of sp³-hybridized carbons (Fsp3) is 0.185. The van der Waals surface area contributed by atoms with Crippen molar-refractivity contribution in [3.63, 3.8) is 0 Å². The number of nitrogens with zero attached hydrogens (tertiary/aromatic N) is 3. The van der Waals surface area contributed by atoms with Crippen LogP contribution in [0.15, 0.2) is 54.6 Å². The summed E-state index contributed by atoms with van der Waals surface area (Å²) in [5, 5.41) is 17.6. The van der Waals surface area contributed by atoms with Crippen LogP contribution in [-0.2, 0) is 4.74 Å². The number of carbonyl (C=O) groups excluding carboxylic acids is 1. The van der Waals surface area contributed by atoms with Gasteiger partial charge in [0.15, 0.2) is 17.3 Å². The molecular formula is C27H22Cl2F2N4O3. The lowest BCUT2D eigenvalue weighted by atomic mass is 10.0. The second kappa shape index (κ2) is 10.6. The molecule has 4 aromatic rings. The Hall–Kier alpha value is -3.66. The van der Waals surface area contributed by atoms with Gasteiger partial charge in [-0.25, -0.2) is 9.07 Å². The third-order valence-corrected chi connectivity index (χ3v) is 6.85. The van der Waals surface area contributed by atoms with E-state index in [4.69, 9.17) is 27.9 Å². The minimum atomic E-state index is -1.46. The van der Waals surface area contributed by atoms with Crippen molar-refractivity contribution in [3.8, 4) is 22.7 Å². The summed E-state index contributed by atoms with van der Waals surface area (Å²) in [6.07, 6.45) is 0. The van der Waals surface area contributed by atoms with Gasteiger partial charge in [0.25, 0.3) is 5.91 Å². The molecule has 0 radical (unpaired) electrons. The van der Waals surface area contributed by atoms with Gasteiger partial charge in [0.05, 0.1) is 35.3 Å². The molecule has 0 saturated carbocycles. The number of aromatic hydroxyl groups is 1. The van der Waals surface area contributed by atoms with E-state index < -0.39 is 23.3 Å². The first kappa shape index (κ1) is 26.0. The van der Waals surface area contributed by atoms with Crippen molar-refractivity contribution >= 4 is 40.5 Å². The molecule has 1 aliphatic rings. The lowest BCUT2D eigenvalue weighted by Crippen LogP contribution is -2.36. The number of hydrogen-bond acceptors (Lipinski definition) is 5. The predicted octanol–water partition coefficient (Wildman–Crippen LogP) is 6.23. The van der Waals surface area contributed by atoms with Crippen LogP contribution in [0.5, 0.6) is 5.75 Å². The number of phenols is 1. The second-order valence-electron chi connectivity index (χ2n) is 8.69. The molecule has 0 bridgehead atoms. The van der Waals surface area contributed by atoms with E-state index in [0.717, 1.165) is 36.5 Å². The lowest BCUT2D eigenvalue weighted by molar-refractivity contribution is 0.102. The minimum Gasteiger partial charge on any atom is -0.503 e. The van der Waals surface area contributed by atoms with Crippen LogP contribution in [0.25, 0.3) is 16.9 Å². The van der Waals surface area contributed by atoms with E-state index in [0.29, 0.717) is 40.2 Å². The molecule has 3 aromatic carbocycles. The van der Waals surface area contributed by atoms with Crippen molar-refractivity contribution in [2.45, 2.75) is 6.92 Å². The predicted molar refractivity (Wildman–Crippen MR) is 143 cm³/mol. The third-order valence-electron chi connectivity index (χ3n) is 6.31. The summed E-state index contributed by atoms with van der Waals surface area (Å²) in [7, 11) is 0. The number of phenolic OH excluding ortho intramolecular Hbond substituents is 1. The minimum absolute atomic E-state index is 0.00686. The topological polar surface area (TPSA) is 79.6 Å². The number of halogens is 4. The Labute approximate surface area is 227 Å². The van der Waals surface area contributed by atoms with E-state index in [1.165, 1.54) is 4.68 Å². The lowest BCUT2D eigenvalue weighted by Gasteiger charge is -2.29. The van der Waals surface area contributed by atoms with Gasteiger partial charge in [-0.05, 0) is 49.4 Å². The summed E-state index contributed by atoms with van der Waals surface area (Å²) in [6, 6.07) is 14.6. The van der Waals surface area contributed by atoms with Crippen molar-refractivity contribution < 1.29 is 23.4 Å².